The Kier molecular flexibility index (Phi) is 9.21. The van der Waals surface area contributed by atoms with Crippen molar-refractivity contribution in [2.24, 2.45) is 0 Å². The summed E-state index contributed by atoms with van der Waals surface area (Å²) in [6.07, 6.45) is 8.73. The molecule has 0 N–H and O–H groups in total. The van der Waals surface area contributed by atoms with Crippen molar-refractivity contribution in [2.45, 2.75) is 45.1 Å². The lowest BCUT2D eigenvalue weighted by atomic mass is 10.1. The molecule has 1 aromatic carbocycles. The fraction of sp³-hybridized carbons (Fsp3) is 0.500. The number of carbonyl (C=O) groups excluding carboxylic acids is 1. The van der Waals surface area contributed by atoms with Gasteiger partial charge in [-0.3, -0.25) is 0 Å². The van der Waals surface area contributed by atoms with Gasteiger partial charge in [0, 0.05) is 13.2 Å². The van der Waals surface area contributed by atoms with E-state index in [1.54, 1.807) is 13.2 Å². The number of ether oxygens (including phenoxy) is 2. The molecule has 0 amide bonds. The third kappa shape index (κ3) is 8.30. The average molecular weight is 290 g/mol. The Hall–Kier alpha value is -1.61. The maximum atomic E-state index is 11.6. The van der Waals surface area contributed by atoms with Crippen LogP contribution in [0.2, 0.25) is 0 Å². The summed E-state index contributed by atoms with van der Waals surface area (Å²) in [5, 5.41) is 0. The first-order valence-electron chi connectivity index (χ1n) is 7.69. The molecule has 1 aromatic rings. The molecule has 3 nitrogen and oxygen atoms in total. The molecule has 0 bridgehead atoms. The zero-order valence-corrected chi connectivity index (χ0v) is 13.1. The van der Waals surface area contributed by atoms with Crippen molar-refractivity contribution in [3.05, 3.63) is 42.0 Å². The molecular weight excluding hydrogens is 264 g/mol. The van der Waals surface area contributed by atoms with Crippen LogP contribution < -0.4 is 0 Å². The van der Waals surface area contributed by atoms with Gasteiger partial charge >= 0.3 is 5.97 Å². The van der Waals surface area contributed by atoms with Crippen LogP contribution in [0.5, 0.6) is 0 Å². The lowest BCUT2D eigenvalue weighted by Gasteiger charge is -2.14. The predicted octanol–water partition coefficient (Wildman–Crippen LogP) is 4.23. The van der Waals surface area contributed by atoms with E-state index in [1.165, 1.54) is 18.9 Å². The van der Waals surface area contributed by atoms with E-state index in [0.717, 1.165) is 24.8 Å². The molecule has 21 heavy (non-hydrogen) atoms. The predicted molar refractivity (Wildman–Crippen MR) is 86.0 cm³/mol. The van der Waals surface area contributed by atoms with Crippen molar-refractivity contribution in [1.82, 2.24) is 0 Å². The van der Waals surface area contributed by atoms with Crippen molar-refractivity contribution >= 4 is 12.0 Å². The summed E-state index contributed by atoms with van der Waals surface area (Å²) in [5.74, 6) is -0.290. The van der Waals surface area contributed by atoms with Crippen LogP contribution in [0.1, 0.15) is 44.6 Å². The maximum Gasteiger partial charge on any atom is 0.330 e. The highest BCUT2D eigenvalue weighted by atomic mass is 16.5. The summed E-state index contributed by atoms with van der Waals surface area (Å²) < 4.78 is 10.6. The number of hydrogen-bond donors (Lipinski definition) is 0. The van der Waals surface area contributed by atoms with Crippen LogP contribution >= 0.6 is 0 Å². The zero-order chi connectivity index (χ0) is 15.3. The van der Waals surface area contributed by atoms with E-state index in [4.69, 9.17) is 9.47 Å². The highest BCUT2D eigenvalue weighted by molar-refractivity contribution is 5.86. The first kappa shape index (κ1) is 17.4. The van der Waals surface area contributed by atoms with Gasteiger partial charge in [-0.2, -0.15) is 0 Å². The quantitative estimate of drug-likeness (QED) is 0.367. The van der Waals surface area contributed by atoms with Gasteiger partial charge in [0.25, 0.3) is 0 Å². The van der Waals surface area contributed by atoms with E-state index in [9.17, 15) is 4.79 Å². The van der Waals surface area contributed by atoms with Crippen molar-refractivity contribution in [3.8, 4) is 0 Å². The second-order valence-electron chi connectivity index (χ2n) is 5.05. The number of rotatable bonds is 10. The van der Waals surface area contributed by atoms with Crippen LogP contribution in [0.3, 0.4) is 0 Å². The molecule has 0 aliphatic heterocycles. The molecule has 0 heterocycles. The van der Waals surface area contributed by atoms with Gasteiger partial charge in [-0.25, -0.2) is 4.79 Å². The van der Waals surface area contributed by atoms with Crippen LogP contribution in [0.25, 0.3) is 6.08 Å². The number of benzene rings is 1. The molecule has 0 saturated carbocycles. The third-order valence-corrected chi connectivity index (χ3v) is 3.34. The largest absolute Gasteiger partial charge is 0.463 e. The Morgan fingerprint density at radius 1 is 1.19 bits per heavy atom. The Morgan fingerprint density at radius 2 is 1.90 bits per heavy atom. The minimum atomic E-state index is -0.290. The minimum absolute atomic E-state index is 0.281. The Balaban J connectivity index is 2.17. The van der Waals surface area contributed by atoms with Crippen molar-refractivity contribution in [2.75, 3.05) is 13.7 Å². The molecule has 1 atom stereocenters. The Morgan fingerprint density at radius 3 is 2.57 bits per heavy atom. The van der Waals surface area contributed by atoms with E-state index >= 15 is 0 Å². The summed E-state index contributed by atoms with van der Waals surface area (Å²) >= 11 is 0. The summed E-state index contributed by atoms with van der Waals surface area (Å²) in [4.78, 5) is 11.6. The smallest absolute Gasteiger partial charge is 0.330 e. The standard InChI is InChI=1S/C18H26O3/c1-3-4-11-17(20-2)12-8-15-21-18(19)14-13-16-9-6-5-7-10-16/h5-7,9-10,13-14,17H,3-4,8,11-12,15H2,1-2H3/b14-13+. The summed E-state index contributed by atoms with van der Waals surface area (Å²) in [7, 11) is 1.74. The second-order valence-corrected chi connectivity index (χ2v) is 5.05. The molecule has 0 radical (unpaired) electrons. The second kappa shape index (κ2) is 11.1. The highest BCUT2D eigenvalue weighted by Crippen LogP contribution is 2.10. The average Bonchev–Trinajstić information content (AvgIpc) is 2.53. The number of esters is 1. The first-order valence-corrected chi connectivity index (χ1v) is 7.69. The van der Waals surface area contributed by atoms with E-state index in [2.05, 4.69) is 6.92 Å². The monoisotopic (exact) mass is 290 g/mol. The number of unbranched alkanes of at least 4 members (excludes halogenated alkanes) is 1. The van der Waals surface area contributed by atoms with E-state index in [-0.39, 0.29) is 12.1 Å². The van der Waals surface area contributed by atoms with Gasteiger partial charge in [-0.1, -0.05) is 50.1 Å². The Labute approximate surface area is 128 Å². The molecule has 1 unspecified atom stereocenters. The molecule has 0 spiro atoms. The van der Waals surface area contributed by atoms with Crippen LogP contribution in [0, 0.1) is 0 Å². The molecular formula is C18H26O3. The van der Waals surface area contributed by atoms with Crippen LogP contribution in [-0.2, 0) is 14.3 Å². The molecule has 1 rings (SSSR count). The lowest BCUT2D eigenvalue weighted by Crippen LogP contribution is -2.12. The number of hydrogen-bond acceptors (Lipinski definition) is 3. The zero-order valence-electron chi connectivity index (χ0n) is 13.1. The van der Waals surface area contributed by atoms with E-state index < -0.39 is 0 Å². The molecule has 0 fully saturated rings. The van der Waals surface area contributed by atoms with Crippen LogP contribution in [0.4, 0.5) is 0 Å². The molecule has 0 aromatic heterocycles. The van der Waals surface area contributed by atoms with Gasteiger partial charge in [-0.15, -0.1) is 0 Å². The van der Waals surface area contributed by atoms with Gasteiger partial charge in [0.15, 0.2) is 0 Å². The third-order valence-electron chi connectivity index (χ3n) is 3.34. The van der Waals surface area contributed by atoms with Crippen molar-refractivity contribution < 1.29 is 14.3 Å². The fourth-order valence-corrected chi connectivity index (χ4v) is 2.07. The Bertz CT molecular complexity index is 412. The van der Waals surface area contributed by atoms with Gasteiger partial charge in [-0.05, 0) is 30.9 Å². The summed E-state index contributed by atoms with van der Waals surface area (Å²) in [6.45, 7) is 2.62. The molecule has 0 aliphatic rings. The number of methoxy groups -OCH3 is 1. The summed E-state index contributed by atoms with van der Waals surface area (Å²) in [5.41, 5.74) is 0.994. The summed E-state index contributed by atoms with van der Waals surface area (Å²) in [6, 6.07) is 9.71. The van der Waals surface area contributed by atoms with Crippen LogP contribution in [0.15, 0.2) is 36.4 Å². The van der Waals surface area contributed by atoms with Crippen molar-refractivity contribution in [3.63, 3.8) is 0 Å². The fourth-order valence-electron chi connectivity index (χ4n) is 2.07. The topological polar surface area (TPSA) is 35.5 Å². The normalized spacial score (nSPS) is 12.5. The van der Waals surface area contributed by atoms with Gasteiger partial charge in [0.05, 0.1) is 12.7 Å². The molecule has 0 saturated heterocycles. The maximum absolute atomic E-state index is 11.6. The minimum Gasteiger partial charge on any atom is -0.463 e. The number of carbonyl (C=O) groups is 1. The van der Waals surface area contributed by atoms with Gasteiger partial charge < -0.3 is 9.47 Å². The van der Waals surface area contributed by atoms with E-state index in [1.807, 2.05) is 30.3 Å². The molecule has 3 heteroatoms. The lowest BCUT2D eigenvalue weighted by molar-refractivity contribution is -0.137. The van der Waals surface area contributed by atoms with Crippen LogP contribution in [-0.4, -0.2) is 25.8 Å². The van der Waals surface area contributed by atoms with E-state index in [0.29, 0.717) is 6.61 Å². The SMILES string of the molecule is CCCCC(CCCOC(=O)/C=C/c1ccccc1)OC. The highest BCUT2D eigenvalue weighted by Gasteiger charge is 2.06. The van der Waals surface area contributed by atoms with Crippen molar-refractivity contribution in [1.29, 1.82) is 0 Å². The molecule has 0 aliphatic carbocycles. The van der Waals surface area contributed by atoms with Gasteiger partial charge in [0.1, 0.15) is 0 Å². The molecule has 116 valence electrons. The first-order chi connectivity index (χ1) is 10.3. The van der Waals surface area contributed by atoms with Gasteiger partial charge in [0.2, 0.25) is 0 Å².